The third-order valence-electron chi connectivity index (χ3n) is 5.80. The van der Waals surface area contributed by atoms with E-state index in [1.54, 1.807) is 0 Å². The molecule has 0 fully saturated rings. The molecule has 2 N–H and O–H groups in total. The van der Waals surface area contributed by atoms with Gasteiger partial charge in [-0.25, -0.2) is 0 Å². The standard InChI is InChI=1S/C26H37NO2.C7H12.CH2O2/c1-3-4-5-6-7-8-12-15-26(28)27-22(2)20-23-16-18-25(19-17-23)29-21-24-13-10-9-11-14-24;1-3-5-7-6-4-2;2-1-3/h9-11,13-14,16-19,22H,3-8,12,15,20-21H2,1-2H3,(H,27,28);3,5-7H,4H2,1-2H3;1H,(H,2,3)/b;5-3-,7-6-;. The van der Waals surface area contributed by atoms with Crippen molar-refractivity contribution in [3.05, 3.63) is 90.0 Å². The Balaban J connectivity index is 0.00000123. The van der Waals surface area contributed by atoms with Gasteiger partial charge in [0, 0.05) is 12.5 Å². The smallest absolute Gasteiger partial charge is 0.290 e. The zero-order valence-corrected chi connectivity index (χ0v) is 24.6. The number of benzene rings is 2. The van der Waals surface area contributed by atoms with Crippen LogP contribution in [0.4, 0.5) is 0 Å². The number of rotatable bonds is 16. The summed E-state index contributed by atoms with van der Waals surface area (Å²) in [5, 5.41) is 10.0. The maximum Gasteiger partial charge on any atom is 0.290 e. The molecule has 1 atom stereocenters. The lowest BCUT2D eigenvalue weighted by Gasteiger charge is -2.14. The Hall–Kier alpha value is -3.34. The molecule has 0 bridgehead atoms. The lowest BCUT2D eigenvalue weighted by Crippen LogP contribution is -2.33. The Kier molecular flexibility index (Phi) is 24.0. The third-order valence-corrected chi connectivity index (χ3v) is 5.80. The van der Waals surface area contributed by atoms with Gasteiger partial charge in [0.15, 0.2) is 0 Å². The molecule has 0 saturated carbocycles. The van der Waals surface area contributed by atoms with Gasteiger partial charge in [-0.3, -0.25) is 9.59 Å². The summed E-state index contributed by atoms with van der Waals surface area (Å²) in [5.41, 5.74) is 2.37. The van der Waals surface area contributed by atoms with Crippen LogP contribution in [0.15, 0.2) is 78.9 Å². The number of hydrogen-bond donors (Lipinski definition) is 2. The minimum absolute atomic E-state index is 0.142. The highest BCUT2D eigenvalue weighted by Crippen LogP contribution is 2.15. The summed E-state index contributed by atoms with van der Waals surface area (Å²) >= 11 is 0. The zero-order chi connectivity index (χ0) is 29.0. The van der Waals surface area contributed by atoms with Gasteiger partial charge in [0.1, 0.15) is 12.4 Å². The fourth-order valence-electron chi connectivity index (χ4n) is 3.78. The fourth-order valence-corrected chi connectivity index (χ4v) is 3.78. The van der Waals surface area contributed by atoms with Crippen LogP contribution in [0.25, 0.3) is 0 Å². The predicted molar refractivity (Wildman–Crippen MR) is 164 cm³/mol. The monoisotopic (exact) mass is 537 g/mol. The van der Waals surface area contributed by atoms with Crippen molar-refractivity contribution in [1.82, 2.24) is 5.32 Å². The first-order valence-corrected chi connectivity index (χ1v) is 14.4. The molecule has 0 spiro atoms. The highest BCUT2D eigenvalue weighted by Gasteiger charge is 2.08. The SMILES string of the molecule is C/C=C\C=C/CC.CCCCCCCCCC(=O)NC(C)Cc1ccc(OCc2ccccc2)cc1.O=CO. The Labute approximate surface area is 237 Å². The second kappa shape index (κ2) is 26.3. The second-order valence-electron chi connectivity index (χ2n) is 9.43. The van der Waals surface area contributed by atoms with Crippen molar-refractivity contribution < 1.29 is 19.4 Å². The molecule has 2 aromatic carbocycles. The van der Waals surface area contributed by atoms with Crippen molar-refractivity contribution in [3.63, 3.8) is 0 Å². The van der Waals surface area contributed by atoms with Crippen LogP contribution in [0, 0.1) is 0 Å². The number of ether oxygens (including phenoxy) is 1. The molecule has 0 heterocycles. The molecule has 0 radical (unpaired) electrons. The second-order valence-corrected chi connectivity index (χ2v) is 9.43. The summed E-state index contributed by atoms with van der Waals surface area (Å²) in [6, 6.07) is 18.5. The normalized spacial score (nSPS) is 11.2. The first kappa shape index (κ1) is 35.7. The third kappa shape index (κ3) is 22.4. The summed E-state index contributed by atoms with van der Waals surface area (Å²) in [4.78, 5) is 20.5. The lowest BCUT2D eigenvalue weighted by molar-refractivity contribution is -0.123. The average Bonchev–Trinajstić information content (AvgIpc) is 2.94. The lowest BCUT2D eigenvalue weighted by atomic mass is 10.1. The molecule has 0 aliphatic rings. The van der Waals surface area contributed by atoms with Gasteiger partial charge in [-0.1, -0.05) is 119 Å². The molecule has 216 valence electrons. The Morgan fingerprint density at radius 1 is 0.897 bits per heavy atom. The van der Waals surface area contributed by atoms with E-state index in [-0.39, 0.29) is 18.4 Å². The van der Waals surface area contributed by atoms with Crippen LogP contribution in [0.1, 0.15) is 96.6 Å². The average molecular weight is 538 g/mol. The molecule has 1 amide bonds. The van der Waals surface area contributed by atoms with E-state index in [1.165, 1.54) is 37.7 Å². The Morgan fingerprint density at radius 2 is 1.51 bits per heavy atom. The molecular weight excluding hydrogens is 486 g/mol. The Bertz CT molecular complexity index is 891. The summed E-state index contributed by atoms with van der Waals surface area (Å²) < 4.78 is 5.83. The van der Waals surface area contributed by atoms with E-state index in [9.17, 15) is 4.79 Å². The predicted octanol–water partition coefficient (Wildman–Crippen LogP) is 8.68. The largest absolute Gasteiger partial charge is 0.489 e. The maximum atomic E-state index is 12.1. The van der Waals surface area contributed by atoms with E-state index in [2.05, 4.69) is 62.5 Å². The number of nitrogens with one attached hydrogen (secondary N) is 1. The maximum absolute atomic E-state index is 12.1. The first-order chi connectivity index (χ1) is 19.0. The Morgan fingerprint density at radius 3 is 2.10 bits per heavy atom. The molecule has 0 aliphatic carbocycles. The van der Waals surface area contributed by atoms with Gasteiger partial charge in [-0.15, -0.1) is 0 Å². The highest BCUT2D eigenvalue weighted by atomic mass is 16.5. The van der Waals surface area contributed by atoms with Gasteiger partial charge < -0.3 is 15.2 Å². The number of carboxylic acid groups (broad SMARTS) is 1. The number of hydrogen-bond acceptors (Lipinski definition) is 3. The number of allylic oxidation sites excluding steroid dienone is 4. The first-order valence-electron chi connectivity index (χ1n) is 14.4. The quantitative estimate of drug-likeness (QED) is 0.128. The topological polar surface area (TPSA) is 75.6 Å². The molecular formula is C34H51NO4. The van der Waals surface area contributed by atoms with Crippen LogP contribution >= 0.6 is 0 Å². The van der Waals surface area contributed by atoms with Crippen molar-refractivity contribution in [2.75, 3.05) is 0 Å². The van der Waals surface area contributed by atoms with Gasteiger partial charge in [-0.05, 0) is 56.4 Å². The van der Waals surface area contributed by atoms with E-state index in [1.807, 2.05) is 49.4 Å². The summed E-state index contributed by atoms with van der Waals surface area (Å²) in [6.07, 6.45) is 19.5. The number of amides is 1. The molecule has 2 rings (SSSR count). The van der Waals surface area contributed by atoms with Crippen LogP contribution in [0.2, 0.25) is 0 Å². The number of unbranched alkanes of at least 4 members (excludes halogenated alkanes) is 6. The van der Waals surface area contributed by atoms with E-state index in [0.717, 1.165) is 37.0 Å². The molecule has 2 aromatic rings. The van der Waals surface area contributed by atoms with Gasteiger partial charge >= 0.3 is 0 Å². The summed E-state index contributed by atoms with van der Waals surface area (Å²) in [6.45, 7) is 8.77. The summed E-state index contributed by atoms with van der Waals surface area (Å²) in [5.74, 6) is 1.04. The van der Waals surface area contributed by atoms with Gasteiger partial charge in [-0.2, -0.15) is 0 Å². The van der Waals surface area contributed by atoms with Crippen LogP contribution in [0.5, 0.6) is 5.75 Å². The van der Waals surface area contributed by atoms with Crippen molar-refractivity contribution in [2.45, 2.75) is 105 Å². The van der Waals surface area contributed by atoms with Gasteiger partial charge in [0.05, 0.1) is 0 Å². The molecule has 5 nitrogen and oxygen atoms in total. The van der Waals surface area contributed by atoms with E-state index in [0.29, 0.717) is 13.0 Å². The molecule has 0 aliphatic heterocycles. The van der Waals surface area contributed by atoms with Crippen molar-refractivity contribution in [1.29, 1.82) is 0 Å². The van der Waals surface area contributed by atoms with Gasteiger partial charge in [0.25, 0.3) is 6.47 Å². The molecule has 5 heteroatoms. The molecule has 39 heavy (non-hydrogen) atoms. The highest BCUT2D eigenvalue weighted by molar-refractivity contribution is 5.76. The van der Waals surface area contributed by atoms with Crippen LogP contribution < -0.4 is 10.1 Å². The van der Waals surface area contributed by atoms with Gasteiger partial charge in [0.2, 0.25) is 5.91 Å². The van der Waals surface area contributed by atoms with E-state index < -0.39 is 0 Å². The van der Waals surface area contributed by atoms with Crippen molar-refractivity contribution >= 4 is 12.4 Å². The van der Waals surface area contributed by atoms with Crippen LogP contribution in [0.3, 0.4) is 0 Å². The zero-order valence-electron chi connectivity index (χ0n) is 24.6. The van der Waals surface area contributed by atoms with Crippen molar-refractivity contribution in [2.24, 2.45) is 0 Å². The molecule has 1 unspecified atom stereocenters. The minimum Gasteiger partial charge on any atom is -0.489 e. The van der Waals surface area contributed by atoms with Crippen LogP contribution in [-0.4, -0.2) is 23.5 Å². The fraction of sp³-hybridized carbons (Fsp3) is 0.471. The molecule has 0 aromatic heterocycles. The van der Waals surface area contributed by atoms with Crippen molar-refractivity contribution in [3.8, 4) is 5.75 Å². The van der Waals surface area contributed by atoms with Crippen LogP contribution in [-0.2, 0) is 22.6 Å². The number of carbonyl (C=O) groups is 2. The minimum atomic E-state index is -0.250. The molecule has 0 saturated heterocycles. The van der Waals surface area contributed by atoms with E-state index in [4.69, 9.17) is 14.6 Å². The number of carbonyl (C=O) groups excluding carboxylic acids is 1. The van der Waals surface area contributed by atoms with E-state index >= 15 is 0 Å². The summed E-state index contributed by atoms with van der Waals surface area (Å²) in [7, 11) is 0.